The molecule has 0 aliphatic carbocycles. The van der Waals surface area contributed by atoms with E-state index in [0.29, 0.717) is 27.2 Å². The highest BCUT2D eigenvalue weighted by Gasteiger charge is 2.36. The van der Waals surface area contributed by atoms with Gasteiger partial charge in [0.25, 0.3) is 0 Å². The second-order valence-electron chi connectivity index (χ2n) is 7.84. The largest absolute Gasteiger partial charge is 0.457 e. The number of nitrogens with one attached hydrogen (secondary N) is 1. The van der Waals surface area contributed by atoms with Gasteiger partial charge in [-0.3, -0.25) is 9.59 Å². The van der Waals surface area contributed by atoms with E-state index < -0.39 is 5.92 Å². The van der Waals surface area contributed by atoms with Gasteiger partial charge in [0.05, 0.1) is 21.7 Å². The van der Waals surface area contributed by atoms with Crippen LogP contribution in [0.25, 0.3) is 0 Å². The SMILES string of the molecule is Cc1ccc(Oc2ccc(NC(=O)[C@@H]3CC(=O)N(c4cccc(Cl)c4Cl)C3)cc2)cc1C. The molecule has 1 aliphatic rings. The second kappa shape index (κ2) is 9.23. The second-order valence-corrected chi connectivity index (χ2v) is 8.63. The number of hydrogen-bond donors (Lipinski definition) is 1. The highest BCUT2D eigenvalue weighted by Crippen LogP contribution is 2.36. The maximum absolute atomic E-state index is 12.8. The summed E-state index contributed by atoms with van der Waals surface area (Å²) in [5.74, 6) is 0.565. The van der Waals surface area contributed by atoms with Gasteiger partial charge in [0.1, 0.15) is 11.5 Å². The van der Waals surface area contributed by atoms with Crippen LogP contribution in [-0.2, 0) is 9.59 Å². The summed E-state index contributed by atoms with van der Waals surface area (Å²) in [7, 11) is 0. The molecule has 3 aromatic carbocycles. The molecular weight excluding hydrogens is 447 g/mol. The predicted molar refractivity (Wildman–Crippen MR) is 128 cm³/mol. The standard InChI is InChI=1S/C25H22Cl2N2O3/c1-15-6-9-20(12-16(15)2)32-19-10-7-18(8-11-19)28-25(31)17-13-23(30)29(14-17)22-5-3-4-21(26)24(22)27/h3-12,17H,13-14H2,1-2H3,(H,28,31)/t17-/m1/s1. The van der Waals surface area contributed by atoms with E-state index in [1.807, 2.05) is 25.1 Å². The van der Waals surface area contributed by atoms with Crippen LogP contribution in [0.1, 0.15) is 17.5 Å². The molecule has 7 heteroatoms. The molecule has 32 heavy (non-hydrogen) atoms. The molecule has 2 amide bonds. The lowest BCUT2D eigenvalue weighted by molar-refractivity contribution is -0.122. The highest BCUT2D eigenvalue weighted by atomic mass is 35.5. The molecule has 1 heterocycles. The van der Waals surface area contributed by atoms with E-state index >= 15 is 0 Å². The molecular formula is C25H22Cl2N2O3. The van der Waals surface area contributed by atoms with Crippen molar-refractivity contribution in [3.8, 4) is 11.5 Å². The molecule has 0 bridgehead atoms. The number of hydrogen-bond acceptors (Lipinski definition) is 3. The first-order chi connectivity index (χ1) is 15.3. The Morgan fingerprint density at radius 3 is 2.44 bits per heavy atom. The minimum absolute atomic E-state index is 0.114. The van der Waals surface area contributed by atoms with E-state index in [0.717, 1.165) is 11.3 Å². The summed E-state index contributed by atoms with van der Waals surface area (Å²) in [5, 5.41) is 3.55. The van der Waals surface area contributed by atoms with Crippen molar-refractivity contribution in [1.82, 2.24) is 0 Å². The minimum atomic E-state index is -0.482. The Bertz CT molecular complexity index is 1180. The van der Waals surface area contributed by atoms with Crippen LogP contribution in [0.4, 0.5) is 11.4 Å². The minimum Gasteiger partial charge on any atom is -0.457 e. The number of rotatable bonds is 5. The van der Waals surface area contributed by atoms with Crippen molar-refractivity contribution in [3.63, 3.8) is 0 Å². The van der Waals surface area contributed by atoms with Crippen molar-refractivity contribution < 1.29 is 14.3 Å². The van der Waals surface area contributed by atoms with Crippen LogP contribution in [0.5, 0.6) is 11.5 Å². The maximum atomic E-state index is 12.8. The Morgan fingerprint density at radius 2 is 1.72 bits per heavy atom. The lowest BCUT2D eigenvalue weighted by atomic mass is 10.1. The van der Waals surface area contributed by atoms with Gasteiger partial charge in [-0.05, 0) is 73.5 Å². The van der Waals surface area contributed by atoms with Crippen molar-refractivity contribution in [1.29, 1.82) is 0 Å². The molecule has 4 rings (SSSR count). The van der Waals surface area contributed by atoms with Gasteiger partial charge in [-0.2, -0.15) is 0 Å². The summed E-state index contributed by atoms with van der Waals surface area (Å²) in [6, 6.07) is 18.2. The van der Waals surface area contributed by atoms with Crippen LogP contribution in [0.2, 0.25) is 10.0 Å². The molecule has 0 aromatic heterocycles. The van der Waals surface area contributed by atoms with Crippen LogP contribution in [0.3, 0.4) is 0 Å². The van der Waals surface area contributed by atoms with Gasteiger partial charge >= 0.3 is 0 Å². The summed E-state index contributed by atoms with van der Waals surface area (Å²) in [6.45, 7) is 4.34. The van der Waals surface area contributed by atoms with E-state index in [1.54, 1.807) is 42.5 Å². The number of nitrogens with zero attached hydrogens (tertiary/aromatic N) is 1. The van der Waals surface area contributed by atoms with Crippen molar-refractivity contribution in [2.45, 2.75) is 20.3 Å². The molecule has 1 aliphatic heterocycles. The molecule has 0 spiro atoms. The highest BCUT2D eigenvalue weighted by molar-refractivity contribution is 6.44. The molecule has 0 saturated carbocycles. The summed E-state index contributed by atoms with van der Waals surface area (Å²) < 4.78 is 5.88. The van der Waals surface area contributed by atoms with Crippen LogP contribution in [-0.4, -0.2) is 18.4 Å². The molecule has 1 atom stereocenters. The third kappa shape index (κ3) is 4.74. The van der Waals surface area contributed by atoms with E-state index in [2.05, 4.69) is 12.2 Å². The fraction of sp³-hybridized carbons (Fsp3) is 0.200. The Labute approximate surface area is 196 Å². The molecule has 5 nitrogen and oxygen atoms in total. The Kier molecular flexibility index (Phi) is 6.40. The fourth-order valence-corrected chi connectivity index (χ4v) is 3.98. The Balaban J connectivity index is 1.39. The third-order valence-electron chi connectivity index (χ3n) is 5.55. The smallest absolute Gasteiger partial charge is 0.229 e. The molecule has 0 radical (unpaired) electrons. The average Bonchev–Trinajstić information content (AvgIpc) is 3.16. The van der Waals surface area contributed by atoms with Gasteiger partial charge in [-0.25, -0.2) is 0 Å². The fourth-order valence-electron chi connectivity index (χ4n) is 3.58. The number of ether oxygens (including phenoxy) is 1. The van der Waals surface area contributed by atoms with Crippen molar-refractivity contribution in [2.24, 2.45) is 5.92 Å². The van der Waals surface area contributed by atoms with Gasteiger partial charge in [0, 0.05) is 18.7 Å². The lowest BCUT2D eigenvalue weighted by Crippen LogP contribution is -2.28. The van der Waals surface area contributed by atoms with E-state index in [4.69, 9.17) is 27.9 Å². The number of anilines is 2. The molecule has 1 saturated heterocycles. The van der Waals surface area contributed by atoms with Crippen molar-refractivity contribution >= 4 is 46.4 Å². The van der Waals surface area contributed by atoms with E-state index in [1.165, 1.54) is 10.5 Å². The first-order valence-electron chi connectivity index (χ1n) is 10.2. The monoisotopic (exact) mass is 468 g/mol. The van der Waals surface area contributed by atoms with Gasteiger partial charge in [0.2, 0.25) is 11.8 Å². The maximum Gasteiger partial charge on any atom is 0.229 e. The van der Waals surface area contributed by atoms with Gasteiger partial charge in [-0.1, -0.05) is 35.3 Å². The number of carbonyl (C=O) groups is 2. The molecule has 1 fully saturated rings. The number of aryl methyl sites for hydroxylation is 2. The van der Waals surface area contributed by atoms with Crippen LogP contribution < -0.4 is 15.0 Å². The van der Waals surface area contributed by atoms with Gasteiger partial charge in [0.15, 0.2) is 0 Å². The van der Waals surface area contributed by atoms with Crippen LogP contribution in [0, 0.1) is 19.8 Å². The molecule has 164 valence electrons. The third-order valence-corrected chi connectivity index (χ3v) is 6.36. The quantitative estimate of drug-likeness (QED) is 0.471. The topological polar surface area (TPSA) is 58.6 Å². The number of amides is 2. The predicted octanol–water partition coefficient (Wildman–Crippen LogP) is 6.39. The Hall–Kier alpha value is -3.02. The molecule has 1 N–H and O–H groups in total. The zero-order chi connectivity index (χ0) is 22.8. The van der Waals surface area contributed by atoms with Crippen LogP contribution in [0.15, 0.2) is 60.7 Å². The summed E-state index contributed by atoms with van der Waals surface area (Å²) in [5.41, 5.74) is 3.52. The lowest BCUT2D eigenvalue weighted by Gasteiger charge is -2.18. The van der Waals surface area contributed by atoms with E-state index in [-0.39, 0.29) is 24.8 Å². The number of benzene rings is 3. The van der Waals surface area contributed by atoms with Gasteiger partial charge < -0.3 is 15.0 Å². The Morgan fingerprint density at radius 1 is 1.00 bits per heavy atom. The average molecular weight is 469 g/mol. The van der Waals surface area contributed by atoms with Crippen molar-refractivity contribution in [3.05, 3.63) is 81.8 Å². The van der Waals surface area contributed by atoms with Gasteiger partial charge in [-0.15, -0.1) is 0 Å². The summed E-state index contributed by atoms with van der Waals surface area (Å²) in [4.78, 5) is 26.8. The van der Waals surface area contributed by atoms with Crippen LogP contribution >= 0.6 is 23.2 Å². The number of halogens is 2. The molecule has 3 aromatic rings. The summed E-state index contributed by atoms with van der Waals surface area (Å²) >= 11 is 12.3. The van der Waals surface area contributed by atoms with Crippen molar-refractivity contribution in [2.75, 3.05) is 16.8 Å². The molecule has 0 unspecified atom stereocenters. The first-order valence-corrected chi connectivity index (χ1v) is 11.0. The zero-order valence-corrected chi connectivity index (χ0v) is 19.2. The number of carbonyl (C=O) groups excluding carboxylic acids is 2. The first kappa shape index (κ1) is 22.2. The van der Waals surface area contributed by atoms with E-state index in [9.17, 15) is 9.59 Å². The normalized spacial score (nSPS) is 15.7. The summed E-state index contributed by atoms with van der Waals surface area (Å²) in [6.07, 6.45) is 0.114. The zero-order valence-electron chi connectivity index (χ0n) is 17.7.